The van der Waals surface area contributed by atoms with E-state index in [-0.39, 0.29) is 5.92 Å². The van der Waals surface area contributed by atoms with Gasteiger partial charge in [0.1, 0.15) is 0 Å². The van der Waals surface area contributed by atoms with Crippen molar-refractivity contribution in [1.82, 2.24) is 5.32 Å². The molecule has 17 heavy (non-hydrogen) atoms. The lowest BCUT2D eigenvalue weighted by Gasteiger charge is -2.23. The molecule has 0 bridgehead atoms. The summed E-state index contributed by atoms with van der Waals surface area (Å²) in [7, 11) is 0. The number of primary amides is 1. The van der Waals surface area contributed by atoms with E-state index in [9.17, 15) is 4.79 Å². The van der Waals surface area contributed by atoms with Crippen molar-refractivity contribution in [2.24, 2.45) is 5.73 Å². The smallest absolute Gasteiger partial charge is 0.237 e. The minimum absolute atomic E-state index is 0.283. The highest BCUT2D eigenvalue weighted by Gasteiger charge is 2.25. The van der Waals surface area contributed by atoms with Crippen molar-refractivity contribution in [2.45, 2.75) is 25.3 Å². The van der Waals surface area contributed by atoms with E-state index in [2.05, 4.69) is 11.4 Å². The van der Waals surface area contributed by atoms with Crippen molar-refractivity contribution in [3.05, 3.63) is 35.9 Å². The summed E-state index contributed by atoms with van der Waals surface area (Å²) in [4.78, 5) is 11.1. The Morgan fingerprint density at radius 2 is 2.06 bits per heavy atom. The lowest BCUT2D eigenvalue weighted by atomic mass is 9.98. The lowest BCUT2D eigenvalue weighted by Crippen LogP contribution is -2.51. The van der Waals surface area contributed by atoms with Gasteiger partial charge in [-0.2, -0.15) is 5.26 Å². The van der Waals surface area contributed by atoms with E-state index in [1.807, 2.05) is 30.3 Å². The zero-order valence-corrected chi connectivity index (χ0v) is 10.1. The van der Waals surface area contributed by atoms with Gasteiger partial charge in [0, 0.05) is 6.54 Å². The number of rotatable bonds is 5. The summed E-state index contributed by atoms with van der Waals surface area (Å²) in [5.74, 6) is -0.711. The molecule has 0 aromatic heterocycles. The molecule has 0 spiro atoms. The summed E-state index contributed by atoms with van der Waals surface area (Å²) in [6.45, 7) is 3.81. The van der Waals surface area contributed by atoms with E-state index in [4.69, 9.17) is 11.0 Å². The molecule has 3 N–H and O–H groups in total. The molecule has 0 fully saturated rings. The van der Waals surface area contributed by atoms with Gasteiger partial charge < -0.3 is 11.1 Å². The molecule has 0 saturated carbocycles. The Bertz CT molecular complexity index is 420. The van der Waals surface area contributed by atoms with Gasteiger partial charge in [0.2, 0.25) is 5.91 Å². The predicted octanol–water partition coefficient (Wildman–Crippen LogP) is 1.15. The van der Waals surface area contributed by atoms with Gasteiger partial charge in [-0.3, -0.25) is 4.79 Å². The summed E-state index contributed by atoms with van der Waals surface area (Å²) in [6.07, 6.45) is 0. The molecule has 1 amide bonds. The Labute approximate surface area is 101 Å². The van der Waals surface area contributed by atoms with Crippen LogP contribution in [0.4, 0.5) is 0 Å². The topological polar surface area (TPSA) is 78.9 Å². The quantitative estimate of drug-likeness (QED) is 0.797. The Balaban J connectivity index is 2.68. The average molecular weight is 231 g/mol. The molecule has 1 rings (SSSR count). The number of carbonyl (C=O) groups excluding carboxylic acids is 1. The first-order valence-electron chi connectivity index (χ1n) is 5.47. The van der Waals surface area contributed by atoms with Crippen LogP contribution in [0.25, 0.3) is 0 Å². The van der Waals surface area contributed by atoms with Crippen LogP contribution in [-0.2, 0) is 4.79 Å². The second-order valence-electron chi connectivity index (χ2n) is 4.46. The summed E-state index contributed by atoms with van der Waals surface area (Å²) in [6, 6.07) is 11.7. The molecule has 4 heteroatoms. The molecule has 90 valence electrons. The van der Waals surface area contributed by atoms with Crippen molar-refractivity contribution in [3.8, 4) is 6.07 Å². The molecule has 0 radical (unpaired) electrons. The minimum atomic E-state index is -0.802. The number of hydrogen-bond acceptors (Lipinski definition) is 3. The maximum absolute atomic E-state index is 11.1. The monoisotopic (exact) mass is 231 g/mol. The maximum Gasteiger partial charge on any atom is 0.237 e. The number of benzene rings is 1. The number of hydrogen-bond donors (Lipinski definition) is 2. The third-order valence-corrected chi connectivity index (χ3v) is 2.72. The Kier molecular flexibility index (Phi) is 4.24. The van der Waals surface area contributed by atoms with Crippen molar-refractivity contribution >= 4 is 5.91 Å². The van der Waals surface area contributed by atoms with Gasteiger partial charge in [-0.25, -0.2) is 0 Å². The number of nitrogens with two attached hydrogens (primary N) is 1. The van der Waals surface area contributed by atoms with Crippen LogP contribution >= 0.6 is 0 Å². The van der Waals surface area contributed by atoms with Gasteiger partial charge in [0.25, 0.3) is 0 Å². The second kappa shape index (κ2) is 5.46. The van der Waals surface area contributed by atoms with Crippen molar-refractivity contribution in [2.75, 3.05) is 6.54 Å². The van der Waals surface area contributed by atoms with Crippen molar-refractivity contribution < 1.29 is 4.79 Å². The fourth-order valence-corrected chi connectivity index (χ4v) is 1.37. The van der Waals surface area contributed by atoms with E-state index < -0.39 is 11.4 Å². The zero-order chi connectivity index (χ0) is 12.9. The highest BCUT2D eigenvalue weighted by atomic mass is 16.1. The predicted molar refractivity (Wildman–Crippen MR) is 66.1 cm³/mol. The minimum Gasteiger partial charge on any atom is -0.368 e. The van der Waals surface area contributed by atoms with Crippen molar-refractivity contribution in [1.29, 1.82) is 5.26 Å². The van der Waals surface area contributed by atoms with Crippen LogP contribution in [0, 0.1) is 11.3 Å². The van der Waals surface area contributed by atoms with Gasteiger partial charge in [0.15, 0.2) is 0 Å². The molecule has 1 atom stereocenters. The van der Waals surface area contributed by atoms with Crippen LogP contribution in [0.5, 0.6) is 0 Å². The maximum atomic E-state index is 11.1. The van der Waals surface area contributed by atoms with Crippen LogP contribution in [0.15, 0.2) is 30.3 Å². The largest absolute Gasteiger partial charge is 0.368 e. The standard InChI is InChI=1S/C13H17N3O/c1-13(2,12(15)17)16-9-11(8-14)10-6-4-3-5-7-10/h3-7,11,16H,9H2,1-2H3,(H2,15,17). The van der Waals surface area contributed by atoms with Crippen molar-refractivity contribution in [3.63, 3.8) is 0 Å². The molecular formula is C13H17N3O. The number of nitrogens with one attached hydrogen (secondary N) is 1. The third-order valence-electron chi connectivity index (χ3n) is 2.72. The molecule has 0 heterocycles. The van der Waals surface area contributed by atoms with Crippen LogP contribution < -0.4 is 11.1 Å². The summed E-state index contributed by atoms with van der Waals surface area (Å²) >= 11 is 0. The van der Waals surface area contributed by atoms with E-state index in [1.165, 1.54) is 0 Å². The molecule has 0 saturated heterocycles. The number of nitrogens with zero attached hydrogens (tertiary/aromatic N) is 1. The zero-order valence-electron chi connectivity index (χ0n) is 10.1. The van der Waals surface area contributed by atoms with Gasteiger partial charge >= 0.3 is 0 Å². The molecule has 0 aliphatic heterocycles. The van der Waals surface area contributed by atoms with Gasteiger partial charge in [-0.1, -0.05) is 30.3 Å². The van der Waals surface area contributed by atoms with Gasteiger partial charge in [0.05, 0.1) is 17.5 Å². The Morgan fingerprint density at radius 1 is 1.47 bits per heavy atom. The summed E-state index contributed by atoms with van der Waals surface area (Å²) in [5.41, 5.74) is 5.38. The summed E-state index contributed by atoms with van der Waals surface area (Å²) in [5, 5.41) is 12.1. The van der Waals surface area contributed by atoms with Gasteiger partial charge in [-0.05, 0) is 19.4 Å². The van der Waals surface area contributed by atoms with Crippen LogP contribution in [0.3, 0.4) is 0 Å². The van der Waals surface area contributed by atoms with E-state index in [0.717, 1.165) is 5.56 Å². The van der Waals surface area contributed by atoms with Crippen LogP contribution in [0.2, 0.25) is 0 Å². The highest BCUT2D eigenvalue weighted by molar-refractivity contribution is 5.83. The van der Waals surface area contributed by atoms with Crippen LogP contribution in [0.1, 0.15) is 25.3 Å². The van der Waals surface area contributed by atoms with Crippen LogP contribution in [-0.4, -0.2) is 18.0 Å². The second-order valence-corrected chi connectivity index (χ2v) is 4.46. The lowest BCUT2D eigenvalue weighted by molar-refractivity contribution is -0.123. The number of nitriles is 1. The Hall–Kier alpha value is -1.86. The molecule has 0 aliphatic carbocycles. The average Bonchev–Trinajstić information content (AvgIpc) is 2.31. The number of carbonyl (C=O) groups is 1. The fraction of sp³-hybridized carbons (Fsp3) is 0.385. The molecule has 4 nitrogen and oxygen atoms in total. The van der Waals surface area contributed by atoms with Gasteiger partial charge in [-0.15, -0.1) is 0 Å². The normalized spacial score (nSPS) is 12.8. The van der Waals surface area contributed by atoms with E-state index >= 15 is 0 Å². The molecule has 0 aliphatic rings. The molecule has 1 unspecified atom stereocenters. The summed E-state index contributed by atoms with van der Waals surface area (Å²) < 4.78 is 0. The fourth-order valence-electron chi connectivity index (χ4n) is 1.37. The van der Waals surface area contributed by atoms with E-state index in [1.54, 1.807) is 13.8 Å². The first-order chi connectivity index (χ1) is 7.97. The Morgan fingerprint density at radius 3 is 2.53 bits per heavy atom. The molecule has 1 aromatic carbocycles. The third kappa shape index (κ3) is 3.58. The first-order valence-corrected chi connectivity index (χ1v) is 5.47. The molecular weight excluding hydrogens is 214 g/mol. The first kappa shape index (κ1) is 13.2. The number of amides is 1. The van der Waals surface area contributed by atoms with E-state index in [0.29, 0.717) is 6.54 Å². The molecule has 1 aromatic rings. The highest BCUT2D eigenvalue weighted by Crippen LogP contribution is 2.14. The SMILES string of the molecule is CC(C)(NCC(C#N)c1ccccc1)C(N)=O.